The molecule has 1 aromatic carbocycles. The zero-order chi connectivity index (χ0) is 15.2. The summed E-state index contributed by atoms with van der Waals surface area (Å²) in [5.41, 5.74) is 1.03. The number of rotatable bonds is 2. The van der Waals surface area contributed by atoms with Gasteiger partial charge < -0.3 is 15.4 Å². The molecule has 0 atom stereocenters. The molecule has 2 aromatic rings. The van der Waals surface area contributed by atoms with Crippen LogP contribution in [0.15, 0.2) is 41.3 Å². The van der Waals surface area contributed by atoms with Gasteiger partial charge in [-0.3, -0.25) is 9.59 Å². The Hall–Kier alpha value is -2.55. The van der Waals surface area contributed by atoms with Crippen molar-refractivity contribution in [1.29, 1.82) is 0 Å². The fraction of sp³-hybridized carbons (Fsp3) is 0.0667. The van der Waals surface area contributed by atoms with E-state index >= 15 is 0 Å². The standard InChI is InChI=1S/C15H11ClN2O3/c16-12-5-3-10(2-1-7-19)8-13(12)18-15(21)11-4-6-14(20)17-9-11/h3-6,8-9,19H,7H2,(H,17,20)(H,18,21). The molecule has 0 bridgehead atoms. The number of amides is 1. The van der Waals surface area contributed by atoms with Crippen LogP contribution in [0.2, 0.25) is 5.02 Å². The van der Waals surface area contributed by atoms with Crippen molar-refractivity contribution in [2.24, 2.45) is 0 Å². The first kappa shape index (κ1) is 14.9. The molecule has 0 saturated carbocycles. The Labute approximate surface area is 125 Å². The number of halogens is 1. The smallest absolute Gasteiger partial charge is 0.257 e. The third-order valence-corrected chi connectivity index (χ3v) is 2.90. The van der Waals surface area contributed by atoms with Crippen molar-refractivity contribution in [3.63, 3.8) is 0 Å². The van der Waals surface area contributed by atoms with Gasteiger partial charge in [0.2, 0.25) is 5.56 Å². The van der Waals surface area contributed by atoms with Crippen LogP contribution in [0.3, 0.4) is 0 Å². The number of hydrogen-bond acceptors (Lipinski definition) is 3. The van der Waals surface area contributed by atoms with Crippen LogP contribution in [-0.2, 0) is 0 Å². The molecule has 1 aromatic heterocycles. The zero-order valence-electron chi connectivity index (χ0n) is 10.8. The normalized spacial score (nSPS) is 9.62. The van der Waals surface area contributed by atoms with Gasteiger partial charge in [-0.2, -0.15) is 0 Å². The van der Waals surface area contributed by atoms with E-state index in [-0.39, 0.29) is 12.2 Å². The molecule has 0 fully saturated rings. The number of hydrogen-bond donors (Lipinski definition) is 3. The maximum Gasteiger partial charge on any atom is 0.257 e. The summed E-state index contributed by atoms with van der Waals surface area (Å²) in [6, 6.07) is 7.57. The molecular formula is C15H11ClN2O3. The summed E-state index contributed by atoms with van der Waals surface area (Å²) in [7, 11) is 0. The Morgan fingerprint density at radius 3 is 2.81 bits per heavy atom. The van der Waals surface area contributed by atoms with Gasteiger partial charge in [-0.1, -0.05) is 23.4 Å². The van der Waals surface area contributed by atoms with E-state index in [0.717, 1.165) is 0 Å². The lowest BCUT2D eigenvalue weighted by Gasteiger charge is -2.07. The molecule has 0 spiro atoms. The Morgan fingerprint density at radius 2 is 2.14 bits per heavy atom. The van der Waals surface area contributed by atoms with E-state index in [1.807, 2.05) is 0 Å². The molecule has 2 rings (SSSR count). The summed E-state index contributed by atoms with van der Waals surface area (Å²) in [5, 5.41) is 11.7. The van der Waals surface area contributed by atoms with E-state index in [2.05, 4.69) is 22.1 Å². The van der Waals surface area contributed by atoms with Crippen molar-refractivity contribution in [3.8, 4) is 11.8 Å². The maximum absolute atomic E-state index is 12.0. The van der Waals surface area contributed by atoms with Gasteiger partial charge in [0.15, 0.2) is 0 Å². The molecule has 1 amide bonds. The molecule has 0 radical (unpaired) electrons. The van der Waals surface area contributed by atoms with E-state index < -0.39 is 5.91 Å². The lowest BCUT2D eigenvalue weighted by molar-refractivity contribution is 0.102. The summed E-state index contributed by atoms with van der Waals surface area (Å²) in [5.74, 6) is 4.84. The molecule has 0 aliphatic rings. The Bertz CT molecular complexity index is 767. The van der Waals surface area contributed by atoms with E-state index in [1.165, 1.54) is 18.3 Å². The summed E-state index contributed by atoms with van der Waals surface area (Å²) in [6.07, 6.45) is 1.32. The highest BCUT2D eigenvalue weighted by molar-refractivity contribution is 6.34. The Kier molecular flexibility index (Phi) is 4.77. The number of aromatic amines is 1. The molecule has 5 nitrogen and oxygen atoms in total. The van der Waals surface area contributed by atoms with E-state index in [1.54, 1.807) is 18.2 Å². The van der Waals surface area contributed by atoms with Crippen LogP contribution in [-0.4, -0.2) is 22.6 Å². The van der Waals surface area contributed by atoms with Crippen LogP contribution in [0.25, 0.3) is 0 Å². The summed E-state index contributed by atoms with van der Waals surface area (Å²) >= 11 is 6.02. The van der Waals surface area contributed by atoms with Crippen molar-refractivity contribution < 1.29 is 9.90 Å². The van der Waals surface area contributed by atoms with Crippen molar-refractivity contribution in [1.82, 2.24) is 4.98 Å². The maximum atomic E-state index is 12.0. The molecule has 21 heavy (non-hydrogen) atoms. The monoisotopic (exact) mass is 302 g/mol. The molecule has 0 saturated heterocycles. The summed E-state index contributed by atoms with van der Waals surface area (Å²) in [6.45, 7) is -0.248. The molecule has 1 heterocycles. The molecule has 0 unspecified atom stereocenters. The molecule has 0 aliphatic heterocycles. The predicted molar refractivity (Wildman–Crippen MR) is 80.4 cm³/mol. The number of carbonyl (C=O) groups excluding carboxylic acids is 1. The number of anilines is 1. The van der Waals surface area contributed by atoms with E-state index in [0.29, 0.717) is 21.8 Å². The number of pyridine rings is 1. The van der Waals surface area contributed by atoms with Crippen molar-refractivity contribution in [3.05, 3.63) is 63.0 Å². The highest BCUT2D eigenvalue weighted by Gasteiger charge is 2.09. The van der Waals surface area contributed by atoms with Gasteiger partial charge in [-0.15, -0.1) is 0 Å². The topological polar surface area (TPSA) is 82.2 Å². The molecular weight excluding hydrogens is 292 g/mol. The van der Waals surface area contributed by atoms with Crippen LogP contribution in [0.5, 0.6) is 0 Å². The minimum Gasteiger partial charge on any atom is -0.384 e. The van der Waals surface area contributed by atoms with E-state index in [9.17, 15) is 9.59 Å². The van der Waals surface area contributed by atoms with E-state index in [4.69, 9.17) is 16.7 Å². The number of nitrogens with one attached hydrogen (secondary N) is 2. The van der Waals surface area contributed by atoms with Crippen molar-refractivity contribution in [2.75, 3.05) is 11.9 Å². The SMILES string of the molecule is O=C(Nc1cc(C#CCO)ccc1Cl)c1ccc(=O)[nH]c1. The van der Waals surface area contributed by atoms with Gasteiger partial charge in [-0.25, -0.2) is 0 Å². The van der Waals surface area contributed by atoms with Crippen LogP contribution in [0, 0.1) is 11.8 Å². The minimum absolute atomic E-state index is 0.248. The van der Waals surface area contributed by atoms with Crippen LogP contribution in [0.4, 0.5) is 5.69 Å². The third kappa shape index (κ3) is 3.96. The Morgan fingerprint density at radius 1 is 1.33 bits per heavy atom. The van der Waals surface area contributed by atoms with Gasteiger partial charge in [0.05, 0.1) is 16.3 Å². The van der Waals surface area contributed by atoms with Crippen molar-refractivity contribution in [2.45, 2.75) is 0 Å². The number of aliphatic hydroxyl groups is 1. The second kappa shape index (κ2) is 6.75. The molecule has 3 N–H and O–H groups in total. The summed E-state index contributed by atoms with van der Waals surface area (Å²) < 4.78 is 0. The first-order valence-corrected chi connectivity index (χ1v) is 6.37. The minimum atomic E-state index is -0.402. The average molecular weight is 303 g/mol. The second-order valence-corrected chi connectivity index (χ2v) is 4.46. The van der Waals surface area contributed by atoms with Crippen LogP contribution < -0.4 is 10.9 Å². The van der Waals surface area contributed by atoms with Gasteiger partial charge in [-0.05, 0) is 24.3 Å². The average Bonchev–Trinajstić information content (AvgIpc) is 2.48. The predicted octanol–water partition coefficient (Wildman–Crippen LogP) is 1.62. The molecule has 6 heteroatoms. The lowest BCUT2D eigenvalue weighted by Crippen LogP contribution is -2.14. The number of H-pyrrole nitrogens is 1. The number of benzene rings is 1. The first-order chi connectivity index (χ1) is 10.1. The Balaban J connectivity index is 2.24. The summed E-state index contributed by atoms with van der Waals surface area (Å²) in [4.78, 5) is 25.4. The number of carbonyl (C=O) groups is 1. The first-order valence-electron chi connectivity index (χ1n) is 5.99. The zero-order valence-corrected chi connectivity index (χ0v) is 11.6. The fourth-order valence-electron chi connectivity index (χ4n) is 1.59. The largest absolute Gasteiger partial charge is 0.384 e. The fourth-order valence-corrected chi connectivity index (χ4v) is 1.75. The van der Waals surface area contributed by atoms with Crippen LogP contribution >= 0.6 is 11.6 Å². The second-order valence-electron chi connectivity index (χ2n) is 4.05. The van der Waals surface area contributed by atoms with Crippen LogP contribution in [0.1, 0.15) is 15.9 Å². The number of aromatic nitrogens is 1. The number of aliphatic hydroxyl groups excluding tert-OH is 1. The lowest BCUT2D eigenvalue weighted by atomic mass is 10.2. The van der Waals surface area contributed by atoms with Crippen molar-refractivity contribution >= 4 is 23.2 Å². The van der Waals surface area contributed by atoms with Gasteiger partial charge in [0.1, 0.15) is 6.61 Å². The van der Waals surface area contributed by atoms with Gasteiger partial charge >= 0.3 is 0 Å². The highest BCUT2D eigenvalue weighted by atomic mass is 35.5. The van der Waals surface area contributed by atoms with Gasteiger partial charge in [0.25, 0.3) is 5.91 Å². The third-order valence-electron chi connectivity index (χ3n) is 2.57. The molecule has 106 valence electrons. The molecule has 0 aliphatic carbocycles. The van der Waals surface area contributed by atoms with Gasteiger partial charge in [0, 0.05) is 17.8 Å². The quantitative estimate of drug-likeness (QED) is 0.737. The highest BCUT2D eigenvalue weighted by Crippen LogP contribution is 2.23.